The van der Waals surface area contributed by atoms with E-state index >= 15 is 0 Å². The van der Waals surface area contributed by atoms with Crippen molar-refractivity contribution in [2.24, 2.45) is 5.92 Å². The molecule has 1 aromatic rings. The van der Waals surface area contributed by atoms with Gasteiger partial charge in [0.05, 0.1) is 12.2 Å². The predicted molar refractivity (Wildman–Crippen MR) is 102 cm³/mol. The van der Waals surface area contributed by atoms with Crippen LogP contribution in [0.5, 0.6) is 17.2 Å². The number of aliphatic carboxylic acids is 1. The highest BCUT2D eigenvalue weighted by atomic mass is 16.6. The lowest BCUT2D eigenvalue weighted by Gasteiger charge is -2.32. The van der Waals surface area contributed by atoms with Crippen molar-refractivity contribution in [3.63, 3.8) is 0 Å². The predicted octanol–water partition coefficient (Wildman–Crippen LogP) is 2.54. The molecule has 1 aromatic carbocycles. The fraction of sp³-hybridized carbons (Fsp3) is 0.571. The number of carboxylic acid groups (broad SMARTS) is 1. The van der Waals surface area contributed by atoms with Gasteiger partial charge >= 0.3 is 5.97 Å². The highest BCUT2D eigenvalue weighted by molar-refractivity contribution is 5.68. The van der Waals surface area contributed by atoms with Gasteiger partial charge in [-0.15, -0.1) is 0 Å². The van der Waals surface area contributed by atoms with E-state index in [-0.39, 0.29) is 18.1 Å². The zero-order valence-corrected chi connectivity index (χ0v) is 16.0. The second-order valence-electron chi connectivity index (χ2n) is 7.33. The lowest BCUT2D eigenvalue weighted by Crippen LogP contribution is -2.39. The first-order valence-corrected chi connectivity index (χ1v) is 9.85. The summed E-state index contributed by atoms with van der Waals surface area (Å²) in [5, 5.41) is 29.4. The molecule has 28 heavy (non-hydrogen) atoms. The van der Waals surface area contributed by atoms with Crippen LogP contribution in [0.1, 0.15) is 39.0 Å². The minimum Gasteiger partial charge on any atom is -0.482 e. The van der Waals surface area contributed by atoms with Crippen molar-refractivity contribution in [1.29, 1.82) is 0 Å². The smallest absolute Gasteiger partial charge is 0.341 e. The van der Waals surface area contributed by atoms with Crippen LogP contribution in [0.25, 0.3) is 0 Å². The van der Waals surface area contributed by atoms with Crippen molar-refractivity contribution in [2.75, 3.05) is 6.61 Å². The second kappa shape index (κ2) is 9.30. The molecule has 1 aliphatic carbocycles. The van der Waals surface area contributed by atoms with E-state index in [1.54, 1.807) is 24.3 Å². The van der Waals surface area contributed by atoms with Crippen molar-refractivity contribution in [2.45, 2.75) is 63.4 Å². The number of carbonyl (C=O) groups is 1. The third kappa shape index (κ3) is 4.77. The Morgan fingerprint density at radius 3 is 2.93 bits per heavy atom. The molecular weight excluding hydrogens is 364 g/mol. The summed E-state index contributed by atoms with van der Waals surface area (Å²) < 4.78 is 17.4. The van der Waals surface area contributed by atoms with Crippen molar-refractivity contribution >= 4 is 5.97 Å². The van der Waals surface area contributed by atoms with Crippen LogP contribution < -0.4 is 14.2 Å². The number of rotatable bonds is 9. The minimum atomic E-state index is -1.08. The first-order chi connectivity index (χ1) is 13.5. The van der Waals surface area contributed by atoms with E-state index in [1.807, 2.05) is 6.08 Å². The lowest BCUT2D eigenvalue weighted by molar-refractivity contribution is -0.139. The van der Waals surface area contributed by atoms with E-state index in [9.17, 15) is 15.0 Å². The molecule has 0 bridgehead atoms. The number of benzene rings is 1. The zero-order valence-electron chi connectivity index (χ0n) is 16.0. The average Bonchev–Trinajstić information content (AvgIpc) is 2.97. The molecule has 0 spiro atoms. The zero-order chi connectivity index (χ0) is 20.1. The number of unbranched alkanes of at least 4 members (excludes halogenated alkanes) is 2. The fourth-order valence-electron chi connectivity index (χ4n) is 3.72. The number of fused-ring (bicyclic) bond motifs is 2. The first kappa shape index (κ1) is 20.5. The topological polar surface area (TPSA) is 105 Å². The number of hydrogen-bond acceptors (Lipinski definition) is 6. The Kier molecular flexibility index (Phi) is 6.80. The van der Waals surface area contributed by atoms with E-state index in [0.29, 0.717) is 30.1 Å². The molecule has 5 atom stereocenters. The summed E-state index contributed by atoms with van der Waals surface area (Å²) >= 11 is 0. The highest BCUT2D eigenvalue weighted by Crippen LogP contribution is 2.46. The highest BCUT2D eigenvalue weighted by Gasteiger charge is 2.47. The number of hydrogen-bond donors (Lipinski definition) is 3. The Hall–Kier alpha value is -2.25. The monoisotopic (exact) mass is 392 g/mol. The molecule has 5 unspecified atom stereocenters. The molecule has 154 valence electrons. The Morgan fingerprint density at radius 2 is 2.18 bits per heavy atom. The van der Waals surface area contributed by atoms with E-state index in [4.69, 9.17) is 19.3 Å². The van der Waals surface area contributed by atoms with Crippen molar-refractivity contribution in [3.05, 3.63) is 30.4 Å². The fourth-order valence-corrected chi connectivity index (χ4v) is 3.72. The van der Waals surface area contributed by atoms with Gasteiger partial charge < -0.3 is 29.5 Å². The molecule has 1 heterocycles. The summed E-state index contributed by atoms with van der Waals surface area (Å²) in [6.07, 6.45) is 5.86. The normalized spacial score (nSPS) is 26.8. The average molecular weight is 392 g/mol. The quantitative estimate of drug-likeness (QED) is 0.438. The van der Waals surface area contributed by atoms with Crippen LogP contribution in [0.2, 0.25) is 0 Å². The van der Waals surface area contributed by atoms with Crippen molar-refractivity contribution < 1.29 is 34.3 Å². The summed E-state index contributed by atoms with van der Waals surface area (Å²) in [5.74, 6) is -0.242. The lowest BCUT2D eigenvalue weighted by atomic mass is 10.00. The maximum Gasteiger partial charge on any atom is 0.341 e. The van der Waals surface area contributed by atoms with E-state index in [1.165, 1.54) is 0 Å². The first-order valence-electron chi connectivity index (χ1n) is 9.85. The molecule has 3 rings (SSSR count). The number of para-hydroxylation sites is 1. The van der Waals surface area contributed by atoms with Crippen LogP contribution in [-0.2, 0) is 4.79 Å². The standard InChI is InChI=1S/C21H28O7/c1-2-3-4-6-13(22)9-10-14-15(23)11-18-20(14)27-17-8-5-7-16(21(17)28-18)26-12-19(24)25/h5,7-10,13-15,18,20,22-23H,2-4,6,11-12H2,1H3,(H,24,25)/b10-9+. The molecule has 7 heteroatoms. The molecule has 1 saturated carbocycles. The van der Waals surface area contributed by atoms with Crippen LogP contribution in [0.4, 0.5) is 0 Å². The Balaban J connectivity index is 1.69. The van der Waals surface area contributed by atoms with Crippen LogP contribution >= 0.6 is 0 Å². The van der Waals surface area contributed by atoms with E-state index < -0.39 is 24.8 Å². The molecule has 0 saturated heterocycles. The van der Waals surface area contributed by atoms with Crippen LogP contribution in [0.3, 0.4) is 0 Å². The van der Waals surface area contributed by atoms with E-state index in [2.05, 4.69) is 6.92 Å². The van der Waals surface area contributed by atoms with E-state index in [0.717, 1.165) is 19.3 Å². The van der Waals surface area contributed by atoms with Gasteiger partial charge in [-0.1, -0.05) is 44.4 Å². The van der Waals surface area contributed by atoms with Crippen LogP contribution in [0, 0.1) is 5.92 Å². The summed E-state index contributed by atoms with van der Waals surface area (Å²) in [5.41, 5.74) is 0. The van der Waals surface area contributed by atoms with Gasteiger partial charge in [0.25, 0.3) is 0 Å². The molecule has 0 radical (unpaired) electrons. The largest absolute Gasteiger partial charge is 0.482 e. The molecule has 1 aliphatic heterocycles. The minimum absolute atomic E-state index is 0.289. The van der Waals surface area contributed by atoms with Crippen LogP contribution in [0.15, 0.2) is 30.4 Å². The third-order valence-corrected chi connectivity index (χ3v) is 5.15. The molecule has 7 nitrogen and oxygen atoms in total. The van der Waals surface area contributed by atoms with Gasteiger partial charge in [-0.05, 0) is 18.6 Å². The molecule has 1 fully saturated rings. The number of carboxylic acids is 1. The molecule has 0 aromatic heterocycles. The molecule has 3 N–H and O–H groups in total. The van der Waals surface area contributed by atoms with Gasteiger partial charge in [0, 0.05) is 12.3 Å². The molecular formula is C21H28O7. The summed E-state index contributed by atoms with van der Waals surface area (Å²) in [6, 6.07) is 5.05. The van der Waals surface area contributed by atoms with Gasteiger partial charge in [0.15, 0.2) is 18.1 Å². The third-order valence-electron chi connectivity index (χ3n) is 5.15. The Bertz CT molecular complexity index is 702. The maximum atomic E-state index is 10.8. The summed E-state index contributed by atoms with van der Waals surface area (Å²) in [7, 11) is 0. The SMILES string of the molecule is CCCCCC(O)/C=C/C1C(O)CC2Oc3c(OCC(=O)O)cccc3OC21. The summed E-state index contributed by atoms with van der Waals surface area (Å²) in [4.78, 5) is 10.8. The Morgan fingerprint density at radius 1 is 1.36 bits per heavy atom. The Labute approximate surface area is 164 Å². The number of ether oxygens (including phenoxy) is 3. The van der Waals surface area contributed by atoms with Gasteiger partial charge in [-0.2, -0.15) is 0 Å². The van der Waals surface area contributed by atoms with Gasteiger partial charge in [-0.25, -0.2) is 4.79 Å². The van der Waals surface area contributed by atoms with Crippen molar-refractivity contribution in [1.82, 2.24) is 0 Å². The number of aliphatic hydroxyl groups excluding tert-OH is 2. The number of aliphatic hydroxyl groups is 2. The van der Waals surface area contributed by atoms with Gasteiger partial charge in [0.1, 0.15) is 12.2 Å². The molecule has 0 amide bonds. The van der Waals surface area contributed by atoms with Crippen LogP contribution in [-0.4, -0.2) is 52.3 Å². The molecule has 2 aliphatic rings. The van der Waals surface area contributed by atoms with Crippen molar-refractivity contribution in [3.8, 4) is 17.2 Å². The summed E-state index contributed by atoms with van der Waals surface area (Å²) in [6.45, 7) is 1.64. The maximum absolute atomic E-state index is 10.8. The van der Waals surface area contributed by atoms with Gasteiger partial charge in [0.2, 0.25) is 5.75 Å². The second-order valence-corrected chi connectivity index (χ2v) is 7.33. The van der Waals surface area contributed by atoms with Gasteiger partial charge in [-0.3, -0.25) is 0 Å².